The van der Waals surface area contributed by atoms with Crippen molar-refractivity contribution in [2.75, 3.05) is 20.2 Å². The molecule has 0 aromatic heterocycles. The van der Waals surface area contributed by atoms with Crippen LogP contribution in [0.2, 0.25) is 0 Å². The molecule has 6 nitrogen and oxygen atoms in total. The van der Waals surface area contributed by atoms with Crippen LogP contribution in [0.3, 0.4) is 0 Å². The lowest BCUT2D eigenvalue weighted by Crippen LogP contribution is -2.28. The Bertz CT molecular complexity index is 566. The highest BCUT2D eigenvalue weighted by atomic mass is 32.3. The Hall–Kier alpha value is -1.44. The molecule has 0 aliphatic rings. The minimum Gasteiger partial charge on any atom is -0.342 e. The van der Waals surface area contributed by atoms with Crippen LogP contribution in [0.25, 0.3) is 0 Å². The van der Waals surface area contributed by atoms with Crippen molar-refractivity contribution in [3.05, 3.63) is 35.4 Å². The van der Waals surface area contributed by atoms with Crippen LogP contribution < -0.4 is 0 Å². The van der Waals surface area contributed by atoms with Crippen molar-refractivity contribution in [2.45, 2.75) is 26.2 Å². The molecule has 0 spiro atoms. The van der Waals surface area contributed by atoms with Crippen molar-refractivity contribution in [3.8, 4) is 0 Å². The smallest absolute Gasteiger partial charge is 0.342 e. The zero-order valence-corrected chi connectivity index (χ0v) is 13.3. The van der Waals surface area contributed by atoms with Crippen LogP contribution in [0.4, 0.5) is 0 Å². The van der Waals surface area contributed by atoms with Crippen molar-refractivity contribution in [2.24, 2.45) is 0 Å². The van der Waals surface area contributed by atoms with E-state index >= 15 is 0 Å². The lowest BCUT2D eigenvalue weighted by atomic mass is 10.0. The third kappa shape index (κ3) is 6.24. The Kier molecular flexibility index (Phi) is 6.32. The minimum absolute atomic E-state index is 0.142. The molecule has 0 saturated carbocycles. The number of amides is 1. The quantitative estimate of drug-likeness (QED) is 0.615. The van der Waals surface area contributed by atoms with Crippen molar-refractivity contribution in [3.63, 3.8) is 0 Å². The lowest BCUT2D eigenvalue weighted by molar-refractivity contribution is 0.0788. The summed E-state index contributed by atoms with van der Waals surface area (Å²) in [5.74, 6) is 0.265. The first-order valence-electron chi connectivity index (χ1n) is 6.68. The highest BCUT2D eigenvalue weighted by Crippen LogP contribution is 2.15. The summed E-state index contributed by atoms with van der Waals surface area (Å²) in [6.07, 6.45) is 0.312. The normalized spacial score (nSPS) is 11.7. The maximum Gasteiger partial charge on any atom is 0.397 e. The molecule has 0 bridgehead atoms. The summed E-state index contributed by atoms with van der Waals surface area (Å²) in [7, 11) is -2.78. The van der Waals surface area contributed by atoms with E-state index < -0.39 is 10.4 Å². The van der Waals surface area contributed by atoms with Gasteiger partial charge in [0.25, 0.3) is 5.91 Å². The Morgan fingerprint density at radius 3 is 2.33 bits per heavy atom. The highest BCUT2D eigenvalue weighted by molar-refractivity contribution is 7.80. The molecule has 0 atom stereocenters. The summed E-state index contributed by atoms with van der Waals surface area (Å²) in [4.78, 5) is 13.6. The maximum absolute atomic E-state index is 12.1. The molecular weight excluding hydrogens is 294 g/mol. The van der Waals surface area contributed by atoms with Gasteiger partial charge in [0, 0.05) is 19.2 Å². The molecule has 0 radical (unpaired) electrons. The van der Waals surface area contributed by atoms with Crippen LogP contribution in [0.5, 0.6) is 0 Å². The molecule has 0 heterocycles. The highest BCUT2D eigenvalue weighted by Gasteiger charge is 2.12. The van der Waals surface area contributed by atoms with Crippen LogP contribution >= 0.6 is 0 Å². The standard InChI is InChI=1S/C14H21NO5S/c1-11(2)12-5-7-13(8-6-12)14(16)15(3)9-4-10-20-21(17,18)19/h5-8,11H,4,9-10H2,1-3H3,(H,17,18,19). The Morgan fingerprint density at radius 1 is 1.29 bits per heavy atom. The van der Waals surface area contributed by atoms with Gasteiger partial charge in [0.05, 0.1) is 6.61 Å². The van der Waals surface area contributed by atoms with Crippen molar-refractivity contribution in [1.29, 1.82) is 0 Å². The van der Waals surface area contributed by atoms with Gasteiger partial charge in [0.1, 0.15) is 0 Å². The molecule has 1 N–H and O–H groups in total. The predicted molar refractivity (Wildman–Crippen MR) is 79.6 cm³/mol. The predicted octanol–water partition coefficient (Wildman–Crippen LogP) is 2.09. The number of rotatable bonds is 7. The molecule has 7 heteroatoms. The molecule has 0 saturated heterocycles. The minimum atomic E-state index is -4.41. The second-order valence-corrected chi connectivity index (χ2v) is 6.20. The Balaban J connectivity index is 2.50. The van der Waals surface area contributed by atoms with Gasteiger partial charge >= 0.3 is 10.4 Å². The third-order valence-electron chi connectivity index (χ3n) is 3.04. The summed E-state index contributed by atoms with van der Waals surface area (Å²) in [5.41, 5.74) is 1.74. The third-order valence-corrected chi connectivity index (χ3v) is 3.51. The molecule has 0 fully saturated rings. The van der Waals surface area contributed by atoms with Crippen molar-refractivity contribution in [1.82, 2.24) is 4.90 Å². The Morgan fingerprint density at radius 2 is 1.86 bits per heavy atom. The van der Waals surface area contributed by atoms with Crippen LogP contribution in [0, 0.1) is 0 Å². The fraction of sp³-hybridized carbons (Fsp3) is 0.500. The summed E-state index contributed by atoms with van der Waals surface area (Å²) in [6.45, 7) is 4.33. The molecular formula is C14H21NO5S. The van der Waals surface area contributed by atoms with E-state index in [4.69, 9.17) is 4.55 Å². The molecule has 21 heavy (non-hydrogen) atoms. The molecule has 118 valence electrons. The van der Waals surface area contributed by atoms with Crippen molar-refractivity contribution < 1.29 is 21.9 Å². The monoisotopic (exact) mass is 315 g/mol. The van der Waals surface area contributed by atoms with Gasteiger partial charge in [-0.1, -0.05) is 26.0 Å². The Labute approximate surface area is 125 Å². The molecule has 1 aromatic rings. The number of hydrogen-bond acceptors (Lipinski definition) is 4. The van der Waals surface area contributed by atoms with Gasteiger partial charge in [-0.15, -0.1) is 0 Å². The molecule has 1 rings (SSSR count). The van der Waals surface area contributed by atoms with E-state index in [9.17, 15) is 13.2 Å². The van der Waals surface area contributed by atoms with Crippen LogP contribution in [0.1, 0.15) is 42.1 Å². The van der Waals surface area contributed by atoms with Gasteiger partial charge in [-0.05, 0) is 30.0 Å². The SMILES string of the molecule is CC(C)c1ccc(C(=O)N(C)CCCOS(=O)(=O)O)cc1. The van der Waals surface area contributed by atoms with Gasteiger partial charge in [-0.25, -0.2) is 4.18 Å². The van der Waals surface area contributed by atoms with Gasteiger partial charge in [-0.2, -0.15) is 8.42 Å². The molecule has 1 amide bonds. The topological polar surface area (TPSA) is 83.9 Å². The van der Waals surface area contributed by atoms with Gasteiger partial charge in [0.2, 0.25) is 0 Å². The summed E-state index contributed by atoms with van der Waals surface area (Å²) in [6, 6.07) is 7.41. The summed E-state index contributed by atoms with van der Waals surface area (Å²) in [5, 5.41) is 0. The maximum atomic E-state index is 12.1. The zero-order chi connectivity index (χ0) is 16.0. The lowest BCUT2D eigenvalue weighted by Gasteiger charge is -2.17. The first-order valence-corrected chi connectivity index (χ1v) is 8.04. The number of nitrogens with zero attached hydrogens (tertiary/aromatic N) is 1. The number of hydrogen-bond donors (Lipinski definition) is 1. The summed E-state index contributed by atoms with van der Waals surface area (Å²) < 4.78 is 33.3. The van der Waals surface area contributed by atoms with Gasteiger partial charge < -0.3 is 4.90 Å². The number of carbonyl (C=O) groups is 1. The average Bonchev–Trinajstić information content (AvgIpc) is 2.41. The van der Waals surface area contributed by atoms with E-state index in [1.807, 2.05) is 12.1 Å². The fourth-order valence-electron chi connectivity index (χ4n) is 1.80. The molecule has 1 aromatic carbocycles. The second-order valence-electron chi connectivity index (χ2n) is 5.11. The first kappa shape index (κ1) is 17.6. The van der Waals surface area contributed by atoms with Crippen LogP contribution in [0.15, 0.2) is 24.3 Å². The van der Waals surface area contributed by atoms with Gasteiger partial charge in [0.15, 0.2) is 0 Å². The largest absolute Gasteiger partial charge is 0.397 e. The molecule has 0 aliphatic heterocycles. The van der Waals surface area contributed by atoms with E-state index in [0.717, 1.165) is 5.56 Å². The zero-order valence-electron chi connectivity index (χ0n) is 12.4. The van der Waals surface area contributed by atoms with Crippen LogP contribution in [-0.2, 0) is 14.6 Å². The van der Waals surface area contributed by atoms with E-state index in [-0.39, 0.29) is 12.5 Å². The van der Waals surface area contributed by atoms with E-state index in [1.165, 1.54) is 4.90 Å². The number of benzene rings is 1. The second kappa shape index (κ2) is 7.53. The fourth-order valence-corrected chi connectivity index (χ4v) is 2.13. The van der Waals surface area contributed by atoms with E-state index in [0.29, 0.717) is 24.4 Å². The van der Waals surface area contributed by atoms with Crippen LogP contribution in [-0.4, -0.2) is 44.0 Å². The van der Waals surface area contributed by atoms with E-state index in [2.05, 4.69) is 18.0 Å². The van der Waals surface area contributed by atoms with Crippen molar-refractivity contribution >= 4 is 16.3 Å². The number of carbonyl (C=O) groups excluding carboxylic acids is 1. The average molecular weight is 315 g/mol. The van der Waals surface area contributed by atoms with E-state index in [1.54, 1.807) is 19.2 Å². The van der Waals surface area contributed by atoms with Gasteiger partial charge in [-0.3, -0.25) is 9.35 Å². The molecule has 0 aliphatic carbocycles. The summed E-state index contributed by atoms with van der Waals surface area (Å²) >= 11 is 0. The first-order chi connectivity index (χ1) is 9.70. The molecule has 0 unspecified atom stereocenters.